The van der Waals surface area contributed by atoms with Crippen LogP contribution in [0.25, 0.3) is 0 Å². The van der Waals surface area contributed by atoms with Crippen molar-refractivity contribution in [2.45, 2.75) is 155 Å². The Hall–Kier alpha value is -1.85. The first-order chi connectivity index (χ1) is 17.4. The van der Waals surface area contributed by atoms with Gasteiger partial charge in [0.15, 0.2) is 0 Å². The molecule has 6 heteroatoms. The van der Waals surface area contributed by atoms with Crippen LogP contribution in [0.4, 0.5) is 0 Å². The van der Waals surface area contributed by atoms with Crippen LogP contribution in [0.2, 0.25) is 0 Å². The van der Waals surface area contributed by atoms with Gasteiger partial charge in [-0.05, 0) is 51.4 Å². The maximum absolute atomic E-state index is 11.1. The van der Waals surface area contributed by atoms with Crippen molar-refractivity contribution in [2.75, 3.05) is 6.61 Å². The Morgan fingerprint density at radius 1 is 0.528 bits per heavy atom. The fourth-order valence-electron chi connectivity index (χ4n) is 3.65. The summed E-state index contributed by atoms with van der Waals surface area (Å²) >= 11 is 0. The van der Waals surface area contributed by atoms with Crippen molar-refractivity contribution >= 4 is 17.9 Å². The topological polar surface area (TPSA) is 101 Å². The highest BCUT2D eigenvalue weighted by Crippen LogP contribution is 2.10. The van der Waals surface area contributed by atoms with Gasteiger partial charge in [-0.15, -0.1) is 0 Å². The second kappa shape index (κ2) is 31.2. The molecule has 36 heavy (non-hydrogen) atoms. The monoisotopic (exact) mass is 512 g/mol. The van der Waals surface area contributed by atoms with Crippen molar-refractivity contribution in [1.29, 1.82) is 0 Å². The van der Waals surface area contributed by atoms with Crippen LogP contribution in [-0.2, 0) is 19.1 Å². The number of carbonyl (C=O) groups is 3. The Kier molecular flexibility index (Phi) is 31.4. The molecule has 212 valence electrons. The third-order valence-electron chi connectivity index (χ3n) is 5.93. The predicted octanol–water partition coefficient (Wildman–Crippen LogP) is 8.86. The molecular weight excluding hydrogens is 456 g/mol. The lowest BCUT2D eigenvalue weighted by atomic mass is 10.1. The van der Waals surface area contributed by atoms with Gasteiger partial charge in [-0.2, -0.15) is 0 Å². The van der Waals surface area contributed by atoms with Crippen molar-refractivity contribution in [1.82, 2.24) is 0 Å². The zero-order chi connectivity index (χ0) is 27.1. The molecule has 6 nitrogen and oxygen atoms in total. The van der Waals surface area contributed by atoms with Gasteiger partial charge in [0.2, 0.25) is 0 Å². The van der Waals surface area contributed by atoms with Crippen LogP contribution >= 0.6 is 0 Å². The Morgan fingerprint density at radius 2 is 0.917 bits per heavy atom. The lowest BCUT2D eigenvalue weighted by Gasteiger charge is -2.03. The smallest absolute Gasteiger partial charge is 0.305 e. The fourth-order valence-corrected chi connectivity index (χ4v) is 3.65. The summed E-state index contributed by atoms with van der Waals surface area (Å²) in [5, 5.41) is 16.9. The Bertz CT molecular complexity index is 530. The van der Waals surface area contributed by atoms with E-state index in [0.29, 0.717) is 25.9 Å². The quantitative estimate of drug-likeness (QED) is 0.0719. The average Bonchev–Trinajstić information content (AvgIpc) is 2.84. The highest BCUT2D eigenvalue weighted by atomic mass is 16.5. The molecule has 0 saturated heterocycles. The summed E-state index contributed by atoms with van der Waals surface area (Å²) in [5.41, 5.74) is 0. The highest BCUT2D eigenvalue weighted by Gasteiger charge is 2.02. The maximum Gasteiger partial charge on any atom is 0.305 e. The molecule has 0 saturated carbocycles. The Labute approximate surface area is 221 Å². The molecule has 0 aliphatic rings. The molecule has 0 fully saturated rings. The zero-order valence-electron chi connectivity index (χ0n) is 23.4. The van der Waals surface area contributed by atoms with Gasteiger partial charge in [0.25, 0.3) is 0 Å². The Balaban J connectivity index is 0. The fraction of sp³-hybridized carbons (Fsp3) is 0.833. The minimum absolute atomic E-state index is 0.133. The van der Waals surface area contributed by atoms with Crippen LogP contribution in [0, 0.1) is 0 Å². The summed E-state index contributed by atoms with van der Waals surface area (Å²) < 4.78 is 4.99. The van der Waals surface area contributed by atoms with Gasteiger partial charge in [-0.1, -0.05) is 96.6 Å². The molecular formula is C30H56O6. The van der Waals surface area contributed by atoms with E-state index < -0.39 is 11.9 Å². The summed E-state index contributed by atoms with van der Waals surface area (Å²) in [6.45, 7) is 4.83. The summed E-state index contributed by atoms with van der Waals surface area (Å²) in [4.78, 5) is 31.7. The van der Waals surface area contributed by atoms with E-state index in [1.165, 1.54) is 70.6 Å². The first kappa shape index (κ1) is 36.3. The number of esters is 1. The summed E-state index contributed by atoms with van der Waals surface area (Å²) in [6.07, 6.45) is 27.1. The second-order valence-electron chi connectivity index (χ2n) is 9.61. The molecule has 0 amide bonds. The zero-order valence-corrected chi connectivity index (χ0v) is 23.4. The number of carboxylic acids is 2. The lowest BCUT2D eigenvalue weighted by molar-refractivity contribution is -0.144. The number of rotatable bonds is 25. The molecule has 2 N–H and O–H groups in total. The number of hydrogen-bond acceptors (Lipinski definition) is 4. The number of carboxylic acid groups (broad SMARTS) is 2. The third kappa shape index (κ3) is 36.7. The van der Waals surface area contributed by atoms with Gasteiger partial charge in [-0.25, -0.2) is 0 Å². The van der Waals surface area contributed by atoms with Crippen LogP contribution in [-0.4, -0.2) is 34.7 Å². The molecule has 0 aromatic carbocycles. The van der Waals surface area contributed by atoms with Gasteiger partial charge >= 0.3 is 17.9 Å². The van der Waals surface area contributed by atoms with E-state index in [1.54, 1.807) is 0 Å². The molecule has 0 atom stereocenters. The lowest BCUT2D eigenvalue weighted by Crippen LogP contribution is -2.05. The standard InChI is InChI=1S/C18H34O2.C12H22O4/c1-2-3-4-5-6-7-8-9-10-11-12-13-14-15-16-17-18(19)20;1-2-3-10-16-12(15)9-7-5-4-6-8-11(13)14/h9-10H,2-8,11-17H2,1H3,(H,19,20);2-10H2,1H3,(H,13,14)/b10-9-;. The first-order valence-corrected chi connectivity index (χ1v) is 14.7. The predicted molar refractivity (Wildman–Crippen MR) is 148 cm³/mol. The maximum atomic E-state index is 11.1. The average molecular weight is 513 g/mol. The molecule has 0 aromatic heterocycles. The highest BCUT2D eigenvalue weighted by molar-refractivity contribution is 5.69. The van der Waals surface area contributed by atoms with Crippen LogP contribution in [0.1, 0.15) is 155 Å². The van der Waals surface area contributed by atoms with Gasteiger partial charge in [0.1, 0.15) is 0 Å². The molecule has 0 spiro atoms. The molecule has 0 aromatic rings. The summed E-state index contributed by atoms with van der Waals surface area (Å²) in [6, 6.07) is 0. The number of aliphatic carboxylic acids is 2. The number of unbranched alkanes of at least 4 members (excludes halogenated alkanes) is 15. The third-order valence-corrected chi connectivity index (χ3v) is 5.93. The number of hydrogen-bond donors (Lipinski definition) is 2. The molecule has 0 aliphatic heterocycles. The van der Waals surface area contributed by atoms with Gasteiger partial charge in [0, 0.05) is 19.3 Å². The molecule has 0 radical (unpaired) electrons. The summed E-state index contributed by atoms with van der Waals surface area (Å²) in [7, 11) is 0. The van der Waals surface area contributed by atoms with E-state index in [-0.39, 0.29) is 12.4 Å². The molecule has 0 aliphatic carbocycles. The second-order valence-corrected chi connectivity index (χ2v) is 9.61. The van der Waals surface area contributed by atoms with E-state index in [2.05, 4.69) is 26.0 Å². The van der Waals surface area contributed by atoms with Gasteiger partial charge < -0.3 is 14.9 Å². The van der Waals surface area contributed by atoms with E-state index in [1.807, 2.05) is 0 Å². The molecule has 0 unspecified atom stereocenters. The largest absolute Gasteiger partial charge is 0.481 e. The van der Waals surface area contributed by atoms with E-state index in [4.69, 9.17) is 14.9 Å². The molecule has 0 bridgehead atoms. The van der Waals surface area contributed by atoms with Gasteiger partial charge in [-0.3, -0.25) is 14.4 Å². The van der Waals surface area contributed by atoms with Crippen molar-refractivity contribution in [3.8, 4) is 0 Å². The number of ether oxygens (including phenoxy) is 1. The first-order valence-electron chi connectivity index (χ1n) is 14.7. The van der Waals surface area contributed by atoms with Crippen LogP contribution in [0.5, 0.6) is 0 Å². The molecule has 0 rings (SSSR count). The minimum atomic E-state index is -0.751. The SMILES string of the molecule is CCCCCCCC/C=C\CCCCCCCC(=O)O.CCCCOC(=O)CCCCCCC(=O)O. The van der Waals surface area contributed by atoms with E-state index >= 15 is 0 Å². The van der Waals surface area contributed by atoms with Crippen molar-refractivity contribution in [2.24, 2.45) is 0 Å². The molecule has 0 heterocycles. The van der Waals surface area contributed by atoms with Crippen molar-refractivity contribution < 1.29 is 29.3 Å². The number of carbonyl (C=O) groups excluding carboxylic acids is 1. The van der Waals surface area contributed by atoms with Gasteiger partial charge in [0.05, 0.1) is 6.61 Å². The van der Waals surface area contributed by atoms with Crippen molar-refractivity contribution in [3.05, 3.63) is 12.2 Å². The van der Waals surface area contributed by atoms with E-state index in [9.17, 15) is 14.4 Å². The van der Waals surface area contributed by atoms with Crippen LogP contribution < -0.4 is 0 Å². The van der Waals surface area contributed by atoms with Crippen LogP contribution in [0.15, 0.2) is 12.2 Å². The normalized spacial score (nSPS) is 10.7. The van der Waals surface area contributed by atoms with Crippen LogP contribution in [0.3, 0.4) is 0 Å². The Morgan fingerprint density at radius 3 is 1.36 bits per heavy atom. The summed E-state index contributed by atoms with van der Waals surface area (Å²) in [5.74, 6) is -1.55. The van der Waals surface area contributed by atoms with Crippen molar-refractivity contribution in [3.63, 3.8) is 0 Å². The number of allylic oxidation sites excluding steroid dienone is 2. The minimum Gasteiger partial charge on any atom is -0.481 e. The van der Waals surface area contributed by atoms with E-state index in [0.717, 1.165) is 44.9 Å².